The van der Waals surface area contributed by atoms with Gasteiger partial charge in [-0.05, 0) is 19.3 Å². The second-order valence-electron chi connectivity index (χ2n) is 2.19. The van der Waals surface area contributed by atoms with Crippen molar-refractivity contribution in [2.45, 2.75) is 25.4 Å². The van der Waals surface area contributed by atoms with E-state index >= 15 is 0 Å². The van der Waals surface area contributed by atoms with Crippen LogP contribution in [0, 0.1) is 0 Å². The summed E-state index contributed by atoms with van der Waals surface area (Å²) >= 11 is 0. The topological polar surface area (TPSA) is 38.7 Å². The molecule has 1 heterocycles. The molecule has 0 spiro atoms. The summed E-state index contributed by atoms with van der Waals surface area (Å²) < 4.78 is 0. The maximum absolute atomic E-state index is 8.48. The van der Waals surface area contributed by atoms with Crippen molar-refractivity contribution < 1.29 is 14.9 Å². The Bertz CT molecular complexity index is 65.9. The summed E-state index contributed by atoms with van der Waals surface area (Å²) in [5.74, 6) is 0. The zero-order valence-corrected chi connectivity index (χ0v) is 5.38. The van der Waals surface area contributed by atoms with Gasteiger partial charge in [0.2, 0.25) is 0 Å². The molecule has 1 aliphatic rings. The maximum Gasteiger partial charge on any atom is 0.0952 e. The van der Waals surface area contributed by atoms with Crippen molar-refractivity contribution in [2.24, 2.45) is 0 Å². The van der Waals surface area contributed by atoms with Crippen LogP contribution < -0.4 is 0 Å². The van der Waals surface area contributed by atoms with Gasteiger partial charge in [-0.2, -0.15) is 0 Å². The fraction of sp³-hybridized carbons (Fsp3) is 1.00. The van der Waals surface area contributed by atoms with Gasteiger partial charge in [0.05, 0.1) is 12.7 Å². The highest BCUT2D eigenvalue weighted by Gasteiger charge is 2.13. The molecule has 1 N–H and O–H groups in total. The highest BCUT2D eigenvalue weighted by atomic mass is 17.2. The summed E-state index contributed by atoms with van der Waals surface area (Å²) in [5.41, 5.74) is 0. The Kier molecular flexibility index (Phi) is 2.97. The zero-order valence-electron chi connectivity index (χ0n) is 5.38. The molecule has 0 aromatic heterocycles. The minimum Gasteiger partial charge on any atom is -0.396 e. The van der Waals surface area contributed by atoms with E-state index in [0.717, 1.165) is 12.8 Å². The molecule has 54 valence electrons. The molecule has 3 heteroatoms. The van der Waals surface area contributed by atoms with Gasteiger partial charge in [0.1, 0.15) is 0 Å². The second kappa shape index (κ2) is 3.82. The third kappa shape index (κ3) is 2.30. The third-order valence-electron chi connectivity index (χ3n) is 1.41. The molecule has 0 aromatic carbocycles. The quantitative estimate of drug-likeness (QED) is 0.555. The highest BCUT2D eigenvalue weighted by molar-refractivity contribution is 4.57. The third-order valence-corrected chi connectivity index (χ3v) is 1.41. The van der Waals surface area contributed by atoms with Crippen LogP contribution in [0.5, 0.6) is 0 Å². The monoisotopic (exact) mass is 132 g/mol. The normalized spacial score (nSPS) is 28.3. The smallest absolute Gasteiger partial charge is 0.0952 e. The van der Waals surface area contributed by atoms with Gasteiger partial charge in [-0.3, -0.25) is 0 Å². The predicted octanol–water partition coefficient (Wildman–Crippen LogP) is 0.479. The molecular formula is C6H12O3. The van der Waals surface area contributed by atoms with E-state index in [-0.39, 0.29) is 12.7 Å². The van der Waals surface area contributed by atoms with Crippen molar-refractivity contribution in [2.75, 3.05) is 13.2 Å². The highest BCUT2D eigenvalue weighted by Crippen LogP contribution is 2.12. The van der Waals surface area contributed by atoms with Gasteiger partial charge < -0.3 is 5.11 Å². The fourth-order valence-electron chi connectivity index (χ4n) is 0.899. The van der Waals surface area contributed by atoms with Crippen LogP contribution >= 0.6 is 0 Å². The molecule has 1 rings (SSSR count). The summed E-state index contributed by atoms with van der Waals surface area (Å²) in [6.07, 6.45) is 2.88. The Labute approximate surface area is 54.5 Å². The van der Waals surface area contributed by atoms with Crippen LogP contribution in [-0.4, -0.2) is 24.4 Å². The van der Waals surface area contributed by atoms with E-state index in [1.54, 1.807) is 0 Å². The van der Waals surface area contributed by atoms with Crippen LogP contribution in [0.15, 0.2) is 0 Å². The Morgan fingerprint density at radius 2 is 2.44 bits per heavy atom. The van der Waals surface area contributed by atoms with E-state index in [0.29, 0.717) is 13.0 Å². The van der Waals surface area contributed by atoms with Gasteiger partial charge in [-0.25, -0.2) is 9.78 Å². The number of aliphatic hydroxyl groups is 1. The van der Waals surface area contributed by atoms with Crippen molar-refractivity contribution >= 4 is 0 Å². The summed E-state index contributed by atoms with van der Waals surface area (Å²) in [6.45, 7) is 0.885. The van der Waals surface area contributed by atoms with Crippen molar-refractivity contribution in [1.82, 2.24) is 0 Å². The van der Waals surface area contributed by atoms with Crippen LogP contribution in [-0.2, 0) is 9.78 Å². The molecule has 0 radical (unpaired) electrons. The molecule has 0 amide bonds. The molecule has 1 atom stereocenters. The average Bonchev–Trinajstić information content (AvgIpc) is 1.91. The van der Waals surface area contributed by atoms with E-state index in [9.17, 15) is 0 Å². The van der Waals surface area contributed by atoms with Gasteiger partial charge in [0.25, 0.3) is 0 Å². The van der Waals surface area contributed by atoms with Crippen molar-refractivity contribution in [1.29, 1.82) is 0 Å². The molecule has 0 bridgehead atoms. The van der Waals surface area contributed by atoms with Gasteiger partial charge >= 0.3 is 0 Å². The van der Waals surface area contributed by atoms with Crippen LogP contribution in [0.4, 0.5) is 0 Å². The molecule has 3 nitrogen and oxygen atoms in total. The van der Waals surface area contributed by atoms with E-state index in [1.807, 2.05) is 0 Å². The standard InChI is InChI=1S/C6H12O3/c7-4-3-6-2-1-5-8-9-6/h6-7H,1-5H2. The van der Waals surface area contributed by atoms with Gasteiger partial charge in [-0.15, -0.1) is 0 Å². The first kappa shape index (κ1) is 6.99. The van der Waals surface area contributed by atoms with Gasteiger partial charge in [0, 0.05) is 6.61 Å². The molecule has 1 saturated heterocycles. The van der Waals surface area contributed by atoms with Crippen LogP contribution in [0.1, 0.15) is 19.3 Å². The maximum atomic E-state index is 8.48. The second-order valence-corrected chi connectivity index (χ2v) is 2.19. The molecule has 1 aliphatic heterocycles. The summed E-state index contributed by atoms with van der Waals surface area (Å²) in [6, 6.07) is 0. The summed E-state index contributed by atoms with van der Waals surface area (Å²) in [4.78, 5) is 9.58. The lowest BCUT2D eigenvalue weighted by Gasteiger charge is -2.19. The Morgan fingerprint density at radius 1 is 1.56 bits per heavy atom. The minimum absolute atomic E-state index is 0.128. The Hall–Kier alpha value is -0.120. The first-order valence-corrected chi connectivity index (χ1v) is 3.32. The van der Waals surface area contributed by atoms with Crippen molar-refractivity contribution in [3.8, 4) is 0 Å². The van der Waals surface area contributed by atoms with Crippen LogP contribution in [0.2, 0.25) is 0 Å². The largest absolute Gasteiger partial charge is 0.396 e. The molecule has 0 saturated carbocycles. The van der Waals surface area contributed by atoms with E-state index in [4.69, 9.17) is 14.9 Å². The number of aliphatic hydroxyl groups excluding tert-OH is 1. The lowest BCUT2D eigenvalue weighted by atomic mass is 10.1. The van der Waals surface area contributed by atoms with Crippen LogP contribution in [0.25, 0.3) is 0 Å². The lowest BCUT2D eigenvalue weighted by molar-refractivity contribution is -0.346. The Balaban J connectivity index is 2.08. The van der Waals surface area contributed by atoms with Crippen molar-refractivity contribution in [3.05, 3.63) is 0 Å². The number of hydrogen-bond donors (Lipinski definition) is 1. The first-order valence-electron chi connectivity index (χ1n) is 3.32. The molecular weight excluding hydrogens is 120 g/mol. The fourth-order valence-corrected chi connectivity index (χ4v) is 0.899. The van der Waals surface area contributed by atoms with E-state index in [1.165, 1.54) is 0 Å². The lowest BCUT2D eigenvalue weighted by Crippen LogP contribution is -2.20. The first-order chi connectivity index (χ1) is 4.43. The molecule has 9 heavy (non-hydrogen) atoms. The van der Waals surface area contributed by atoms with E-state index in [2.05, 4.69) is 0 Å². The van der Waals surface area contributed by atoms with Crippen LogP contribution in [0.3, 0.4) is 0 Å². The Morgan fingerprint density at radius 3 is 3.00 bits per heavy atom. The van der Waals surface area contributed by atoms with Gasteiger partial charge in [0.15, 0.2) is 0 Å². The average molecular weight is 132 g/mol. The van der Waals surface area contributed by atoms with Crippen molar-refractivity contribution in [3.63, 3.8) is 0 Å². The molecule has 0 aromatic rings. The number of rotatable bonds is 2. The molecule has 1 unspecified atom stereocenters. The zero-order chi connectivity index (χ0) is 6.53. The van der Waals surface area contributed by atoms with Gasteiger partial charge in [-0.1, -0.05) is 0 Å². The summed E-state index contributed by atoms with van der Waals surface area (Å²) in [5, 5.41) is 8.48. The predicted molar refractivity (Wildman–Crippen MR) is 31.8 cm³/mol. The van der Waals surface area contributed by atoms with E-state index < -0.39 is 0 Å². The SMILES string of the molecule is OCCC1CCCOO1. The molecule has 0 aliphatic carbocycles. The molecule has 1 fully saturated rings. The number of hydrogen-bond acceptors (Lipinski definition) is 3. The minimum atomic E-state index is 0.128. The summed E-state index contributed by atoms with van der Waals surface area (Å²) in [7, 11) is 0.